The van der Waals surface area contributed by atoms with Gasteiger partial charge in [0.2, 0.25) is 0 Å². The minimum Gasteiger partial charge on any atom is -0.489 e. The van der Waals surface area contributed by atoms with E-state index in [0.29, 0.717) is 11.6 Å². The molecule has 0 heterocycles. The second kappa shape index (κ2) is 7.81. The van der Waals surface area contributed by atoms with Crippen LogP contribution in [0.4, 0.5) is 5.69 Å². The first-order valence-electron chi connectivity index (χ1n) is 7.80. The van der Waals surface area contributed by atoms with E-state index in [9.17, 15) is 10.1 Å². The Kier molecular flexibility index (Phi) is 5.31. The van der Waals surface area contributed by atoms with E-state index in [-0.39, 0.29) is 5.69 Å². The van der Waals surface area contributed by atoms with Crippen molar-refractivity contribution in [1.82, 2.24) is 0 Å². The zero-order valence-electron chi connectivity index (χ0n) is 13.4. The number of ether oxygens (including phenoxy) is 1. The summed E-state index contributed by atoms with van der Waals surface area (Å²) >= 11 is 6.13. The number of halogens is 1. The quantitative estimate of drug-likeness (QED) is 0.439. The molecule has 4 nitrogen and oxygen atoms in total. The fourth-order valence-electron chi connectivity index (χ4n) is 2.52. The molecule has 25 heavy (non-hydrogen) atoms. The number of nitro benzene ring substituents is 1. The third-order valence-electron chi connectivity index (χ3n) is 3.80. The first kappa shape index (κ1) is 17.0. The van der Waals surface area contributed by atoms with E-state index in [1.54, 1.807) is 18.2 Å². The minimum absolute atomic E-state index is 0.0695. The minimum atomic E-state index is -0.415. The molecule has 0 N–H and O–H groups in total. The summed E-state index contributed by atoms with van der Waals surface area (Å²) < 4.78 is 5.92. The van der Waals surface area contributed by atoms with Crippen molar-refractivity contribution in [3.8, 4) is 5.75 Å². The van der Waals surface area contributed by atoms with Crippen molar-refractivity contribution in [1.29, 1.82) is 0 Å². The summed E-state index contributed by atoms with van der Waals surface area (Å²) in [7, 11) is 0. The van der Waals surface area contributed by atoms with Gasteiger partial charge in [0.15, 0.2) is 0 Å². The van der Waals surface area contributed by atoms with Gasteiger partial charge in [-0.05, 0) is 47.0 Å². The summed E-state index contributed by atoms with van der Waals surface area (Å²) in [6.45, 7) is 0.335. The maximum atomic E-state index is 10.7. The van der Waals surface area contributed by atoms with Gasteiger partial charge in [-0.3, -0.25) is 10.1 Å². The Bertz CT molecular complexity index is 864. The van der Waals surface area contributed by atoms with Gasteiger partial charge in [-0.15, -0.1) is 0 Å². The Morgan fingerprint density at radius 2 is 1.64 bits per heavy atom. The molecule has 0 unspecified atom stereocenters. The van der Waals surface area contributed by atoms with Crippen LogP contribution in [0.15, 0.2) is 72.8 Å². The standard InChI is InChI=1S/C20H16ClNO3/c21-18-8-11-20(17(13-18)12-15-4-2-1-3-5-15)25-14-16-6-9-19(10-7-16)22(23)24/h1-11,13H,12,14H2. The first-order valence-corrected chi connectivity index (χ1v) is 8.18. The lowest BCUT2D eigenvalue weighted by molar-refractivity contribution is -0.384. The third-order valence-corrected chi connectivity index (χ3v) is 4.04. The Hall–Kier alpha value is -2.85. The maximum absolute atomic E-state index is 10.7. The Labute approximate surface area is 150 Å². The summed E-state index contributed by atoms with van der Waals surface area (Å²) in [5.74, 6) is 0.756. The maximum Gasteiger partial charge on any atom is 0.269 e. The van der Waals surface area contributed by atoms with Gasteiger partial charge < -0.3 is 4.74 Å². The van der Waals surface area contributed by atoms with E-state index in [0.717, 1.165) is 23.3 Å². The Morgan fingerprint density at radius 3 is 2.32 bits per heavy atom. The van der Waals surface area contributed by atoms with Crippen molar-refractivity contribution in [2.75, 3.05) is 0 Å². The smallest absolute Gasteiger partial charge is 0.269 e. The highest BCUT2D eigenvalue weighted by atomic mass is 35.5. The van der Waals surface area contributed by atoms with Gasteiger partial charge in [0, 0.05) is 23.6 Å². The fraction of sp³-hybridized carbons (Fsp3) is 0.100. The summed E-state index contributed by atoms with van der Waals surface area (Å²) in [5, 5.41) is 11.4. The molecule has 0 aliphatic heterocycles. The molecule has 0 aliphatic carbocycles. The van der Waals surface area contributed by atoms with Crippen LogP contribution >= 0.6 is 11.6 Å². The van der Waals surface area contributed by atoms with Crippen LogP contribution in [0.25, 0.3) is 0 Å². The molecule has 126 valence electrons. The van der Waals surface area contributed by atoms with Crippen LogP contribution in [0, 0.1) is 10.1 Å². The number of nitro groups is 1. The van der Waals surface area contributed by atoms with Crippen LogP contribution in [-0.4, -0.2) is 4.92 Å². The van der Waals surface area contributed by atoms with Crippen LogP contribution in [-0.2, 0) is 13.0 Å². The number of benzene rings is 3. The number of non-ortho nitro benzene ring substituents is 1. The molecule has 0 aromatic heterocycles. The fourth-order valence-corrected chi connectivity index (χ4v) is 2.71. The van der Waals surface area contributed by atoms with Crippen LogP contribution in [0.1, 0.15) is 16.7 Å². The molecule has 0 aliphatic rings. The summed E-state index contributed by atoms with van der Waals surface area (Å²) in [4.78, 5) is 10.3. The van der Waals surface area contributed by atoms with E-state index in [1.165, 1.54) is 17.7 Å². The SMILES string of the molecule is O=[N+]([O-])c1ccc(COc2ccc(Cl)cc2Cc2ccccc2)cc1. The molecule has 3 aromatic carbocycles. The van der Waals surface area contributed by atoms with Crippen molar-refractivity contribution < 1.29 is 9.66 Å². The molecule has 0 radical (unpaired) electrons. The van der Waals surface area contributed by atoms with Crippen molar-refractivity contribution in [2.24, 2.45) is 0 Å². The molecule has 0 bridgehead atoms. The van der Waals surface area contributed by atoms with Gasteiger partial charge in [-0.25, -0.2) is 0 Å². The van der Waals surface area contributed by atoms with E-state index >= 15 is 0 Å². The summed E-state index contributed by atoms with van der Waals surface area (Å²) in [5.41, 5.74) is 3.11. The van der Waals surface area contributed by atoms with Gasteiger partial charge in [-0.1, -0.05) is 41.9 Å². The number of nitrogens with zero attached hydrogens (tertiary/aromatic N) is 1. The monoisotopic (exact) mass is 353 g/mol. The van der Waals surface area contributed by atoms with Crippen LogP contribution in [0.5, 0.6) is 5.75 Å². The van der Waals surface area contributed by atoms with Crippen LogP contribution in [0.3, 0.4) is 0 Å². The largest absolute Gasteiger partial charge is 0.489 e. The zero-order chi connectivity index (χ0) is 17.6. The lowest BCUT2D eigenvalue weighted by Crippen LogP contribution is -2.00. The van der Waals surface area contributed by atoms with E-state index in [1.807, 2.05) is 30.3 Å². The van der Waals surface area contributed by atoms with Gasteiger partial charge in [0.1, 0.15) is 12.4 Å². The van der Waals surface area contributed by atoms with Crippen molar-refractivity contribution in [3.63, 3.8) is 0 Å². The Balaban J connectivity index is 1.74. The molecule has 3 aromatic rings. The molecule has 0 spiro atoms. The van der Waals surface area contributed by atoms with E-state index in [2.05, 4.69) is 12.1 Å². The van der Waals surface area contributed by atoms with E-state index in [4.69, 9.17) is 16.3 Å². The van der Waals surface area contributed by atoms with Crippen LogP contribution < -0.4 is 4.74 Å². The molecule has 0 atom stereocenters. The van der Waals surface area contributed by atoms with Gasteiger partial charge >= 0.3 is 0 Å². The number of hydrogen-bond donors (Lipinski definition) is 0. The second-order valence-electron chi connectivity index (χ2n) is 5.63. The van der Waals surface area contributed by atoms with Crippen LogP contribution in [0.2, 0.25) is 5.02 Å². The molecule has 5 heteroatoms. The normalized spacial score (nSPS) is 10.4. The predicted molar refractivity (Wildman–Crippen MR) is 98.1 cm³/mol. The molecular weight excluding hydrogens is 338 g/mol. The molecule has 0 saturated heterocycles. The predicted octanol–water partition coefficient (Wildman–Crippen LogP) is 5.42. The lowest BCUT2D eigenvalue weighted by atomic mass is 10.0. The zero-order valence-corrected chi connectivity index (χ0v) is 14.1. The molecule has 0 saturated carbocycles. The highest BCUT2D eigenvalue weighted by Gasteiger charge is 2.08. The van der Waals surface area contributed by atoms with E-state index < -0.39 is 4.92 Å². The third kappa shape index (κ3) is 4.58. The average Bonchev–Trinajstić information content (AvgIpc) is 2.62. The Morgan fingerprint density at radius 1 is 0.920 bits per heavy atom. The molecule has 0 amide bonds. The van der Waals surface area contributed by atoms with Crippen molar-refractivity contribution in [3.05, 3.63) is 105 Å². The van der Waals surface area contributed by atoms with Crippen molar-refractivity contribution in [2.45, 2.75) is 13.0 Å². The summed E-state index contributed by atoms with van der Waals surface area (Å²) in [6.07, 6.45) is 0.719. The second-order valence-corrected chi connectivity index (χ2v) is 6.06. The average molecular weight is 354 g/mol. The summed E-state index contributed by atoms with van der Waals surface area (Å²) in [6, 6.07) is 22.0. The topological polar surface area (TPSA) is 52.4 Å². The molecule has 3 rings (SSSR count). The van der Waals surface area contributed by atoms with Gasteiger partial charge in [0.25, 0.3) is 5.69 Å². The molecular formula is C20H16ClNO3. The number of rotatable bonds is 6. The highest BCUT2D eigenvalue weighted by molar-refractivity contribution is 6.30. The van der Waals surface area contributed by atoms with Crippen molar-refractivity contribution >= 4 is 17.3 Å². The first-order chi connectivity index (χ1) is 12.1. The van der Waals surface area contributed by atoms with Gasteiger partial charge in [0.05, 0.1) is 4.92 Å². The number of hydrogen-bond acceptors (Lipinski definition) is 3. The highest BCUT2D eigenvalue weighted by Crippen LogP contribution is 2.26. The lowest BCUT2D eigenvalue weighted by Gasteiger charge is -2.12. The molecule has 0 fully saturated rings. The van der Waals surface area contributed by atoms with Gasteiger partial charge in [-0.2, -0.15) is 0 Å².